The zero-order valence-corrected chi connectivity index (χ0v) is 13.5. The fourth-order valence-electron chi connectivity index (χ4n) is 2.68. The third-order valence-corrected chi connectivity index (χ3v) is 3.91. The van der Waals surface area contributed by atoms with Gasteiger partial charge in [0.25, 0.3) is 0 Å². The molecular formula is C17H21FN4O. The quantitative estimate of drug-likeness (QED) is 0.865. The maximum absolute atomic E-state index is 13.8. The Hall–Kier alpha value is -2.05. The van der Waals surface area contributed by atoms with Crippen molar-refractivity contribution >= 4 is 5.82 Å². The van der Waals surface area contributed by atoms with Gasteiger partial charge in [-0.2, -0.15) is 0 Å². The van der Waals surface area contributed by atoms with Crippen LogP contribution in [0.2, 0.25) is 0 Å². The molecule has 0 atom stereocenters. The van der Waals surface area contributed by atoms with Crippen molar-refractivity contribution in [2.75, 3.05) is 45.3 Å². The minimum absolute atomic E-state index is 0.302. The van der Waals surface area contributed by atoms with E-state index in [-0.39, 0.29) is 0 Å². The number of ether oxygens (including phenoxy) is 1. The molecule has 1 aromatic carbocycles. The van der Waals surface area contributed by atoms with E-state index in [4.69, 9.17) is 4.74 Å². The highest BCUT2D eigenvalue weighted by molar-refractivity contribution is 5.61. The van der Waals surface area contributed by atoms with Crippen molar-refractivity contribution in [1.82, 2.24) is 14.9 Å². The Morgan fingerprint density at radius 3 is 2.70 bits per heavy atom. The number of aromatic nitrogens is 2. The molecular weight excluding hydrogens is 295 g/mol. The summed E-state index contributed by atoms with van der Waals surface area (Å²) in [5, 5.41) is 0. The molecule has 1 saturated heterocycles. The SMILES string of the molecule is CN(C)c1nc(-c2ccccc2CN2CCOCC2)ncc1F. The molecule has 1 aromatic heterocycles. The smallest absolute Gasteiger partial charge is 0.183 e. The molecule has 0 N–H and O–H groups in total. The van der Waals surface area contributed by atoms with Gasteiger partial charge in [0.15, 0.2) is 17.5 Å². The normalized spacial score (nSPS) is 15.6. The van der Waals surface area contributed by atoms with Crippen LogP contribution in [-0.4, -0.2) is 55.3 Å². The summed E-state index contributed by atoms with van der Waals surface area (Å²) in [6, 6.07) is 8.03. The second-order valence-corrected chi connectivity index (χ2v) is 5.81. The molecule has 0 spiro atoms. The van der Waals surface area contributed by atoms with Crippen molar-refractivity contribution in [2.24, 2.45) is 0 Å². The predicted octanol–water partition coefficient (Wildman–Crippen LogP) is 2.18. The van der Waals surface area contributed by atoms with Gasteiger partial charge in [0, 0.05) is 39.3 Å². The highest BCUT2D eigenvalue weighted by Gasteiger charge is 2.16. The number of hydrogen-bond donors (Lipinski definition) is 0. The maximum Gasteiger partial charge on any atom is 0.183 e. The summed E-state index contributed by atoms with van der Waals surface area (Å²) in [6.07, 6.45) is 1.24. The van der Waals surface area contributed by atoms with Crippen LogP contribution in [0, 0.1) is 5.82 Å². The largest absolute Gasteiger partial charge is 0.379 e. The Morgan fingerprint density at radius 2 is 1.96 bits per heavy atom. The van der Waals surface area contributed by atoms with Gasteiger partial charge >= 0.3 is 0 Å². The van der Waals surface area contributed by atoms with Gasteiger partial charge in [-0.25, -0.2) is 14.4 Å². The molecule has 0 radical (unpaired) electrons. The molecule has 0 saturated carbocycles. The molecule has 6 heteroatoms. The molecule has 0 unspecified atom stereocenters. The van der Waals surface area contributed by atoms with Gasteiger partial charge in [-0.05, 0) is 5.56 Å². The molecule has 1 fully saturated rings. The lowest BCUT2D eigenvalue weighted by molar-refractivity contribution is 0.0342. The molecule has 122 valence electrons. The Bertz CT molecular complexity index is 671. The third kappa shape index (κ3) is 3.65. The Balaban J connectivity index is 1.92. The van der Waals surface area contributed by atoms with Crippen LogP contribution in [0.25, 0.3) is 11.4 Å². The summed E-state index contributed by atoms with van der Waals surface area (Å²) in [4.78, 5) is 12.6. The summed E-state index contributed by atoms with van der Waals surface area (Å²) in [7, 11) is 3.55. The first-order valence-electron chi connectivity index (χ1n) is 7.73. The Morgan fingerprint density at radius 1 is 1.22 bits per heavy atom. The standard InChI is InChI=1S/C17H21FN4O/c1-21(2)17-15(18)11-19-16(20-17)14-6-4-3-5-13(14)12-22-7-9-23-10-8-22/h3-6,11H,7-10,12H2,1-2H3. The van der Waals surface area contributed by atoms with Crippen molar-refractivity contribution in [3.05, 3.63) is 41.8 Å². The minimum Gasteiger partial charge on any atom is -0.379 e. The Labute approximate surface area is 135 Å². The van der Waals surface area contributed by atoms with Crippen molar-refractivity contribution in [2.45, 2.75) is 6.54 Å². The summed E-state index contributed by atoms with van der Waals surface area (Å²) >= 11 is 0. The summed E-state index contributed by atoms with van der Waals surface area (Å²) in [5.74, 6) is 0.444. The van der Waals surface area contributed by atoms with E-state index < -0.39 is 5.82 Å². The second kappa shape index (κ2) is 7.02. The zero-order chi connectivity index (χ0) is 16.2. The molecule has 0 aliphatic carbocycles. The van der Waals surface area contributed by atoms with Crippen LogP contribution in [-0.2, 0) is 11.3 Å². The first-order chi connectivity index (χ1) is 11.1. The Kier molecular flexibility index (Phi) is 4.83. The number of rotatable bonds is 4. The summed E-state index contributed by atoms with van der Waals surface area (Å²) in [6.45, 7) is 4.18. The fraction of sp³-hybridized carbons (Fsp3) is 0.412. The van der Waals surface area contributed by atoms with Crippen LogP contribution >= 0.6 is 0 Å². The molecule has 1 aliphatic heterocycles. The number of benzene rings is 1. The van der Waals surface area contributed by atoms with Gasteiger partial charge < -0.3 is 9.64 Å². The van der Waals surface area contributed by atoms with Crippen LogP contribution in [0.1, 0.15) is 5.56 Å². The number of nitrogens with zero attached hydrogens (tertiary/aromatic N) is 4. The average Bonchev–Trinajstić information content (AvgIpc) is 2.57. The van der Waals surface area contributed by atoms with E-state index in [1.807, 2.05) is 18.2 Å². The van der Waals surface area contributed by atoms with Crippen LogP contribution in [0.15, 0.2) is 30.5 Å². The summed E-state index contributed by atoms with van der Waals surface area (Å²) in [5.41, 5.74) is 2.09. The number of halogens is 1. The van der Waals surface area contributed by atoms with E-state index in [1.54, 1.807) is 19.0 Å². The van der Waals surface area contributed by atoms with Crippen LogP contribution in [0.4, 0.5) is 10.2 Å². The maximum atomic E-state index is 13.8. The predicted molar refractivity (Wildman–Crippen MR) is 87.8 cm³/mol. The fourth-order valence-corrected chi connectivity index (χ4v) is 2.68. The van der Waals surface area contributed by atoms with Crippen LogP contribution < -0.4 is 4.90 Å². The number of hydrogen-bond acceptors (Lipinski definition) is 5. The zero-order valence-electron chi connectivity index (χ0n) is 13.5. The first kappa shape index (κ1) is 15.8. The van der Waals surface area contributed by atoms with Gasteiger partial charge in [-0.3, -0.25) is 4.90 Å². The van der Waals surface area contributed by atoms with E-state index >= 15 is 0 Å². The molecule has 23 heavy (non-hydrogen) atoms. The third-order valence-electron chi connectivity index (χ3n) is 3.91. The lowest BCUT2D eigenvalue weighted by atomic mass is 10.1. The molecule has 3 rings (SSSR count). The van der Waals surface area contributed by atoms with E-state index in [0.717, 1.165) is 44.0 Å². The van der Waals surface area contributed by atoms with Crippen LogP contribution in [0.3, 0.4) is 0 Å². The monoisotopic (exact) mass is 316 g/mol. The topological polar surface area (TPSA) is 41.5 Å². The van der Waals surface area contributed by atoms with Gasteiger partial charge in [-0.1, -0.05) is 24.3 Å². The average molecular weight is 316 g/mol. The molecule has 2 heterocycles. The van der Waals surface area contributed by atoms with E-state index in [1.165, 1.54) is 6.20 Å². The highest BCUT2D eigenvalue weighted by Crippen LogP contribution is 2.24. The molecule has 2 aromatic rings. The van der Waals surface area contributed by atoms with E-state index in [2.05, 4.69) is 20.9 Å². The second-order valence-electron chi connectivity index (χ2n) is 5.81. The van der Waals surface area contributed by atoms with Gasteiger partial charge in [0.1, 0.15) is 0 Å². The molecule has 0 bridgehead atoms. The van der Waals surface area contributed by atoms with E-state index in [0.29, 0.717) is 11.6 Å². The van der Waals surface area contributed by atoms with Crippen molar-refractivity contribution < 1.29 is 9.13 Å². The minimum atomic E-state index is -0.413. The highest BCUT2D eigenvalue weighted by atomic mass is 19.1. The summed E-state index contributed by atoms with van der Waals surface area (Å²) < 4.78 is 19.2. The molecule has 0 amide bonds. The van der Waals surface area contributed by atoms with Crippen LogP contribution in [0.5, 0.6) is 0 Å². The number of anilines is 1. The van der Waals surface area contributed by atoms with Crippen molar-refractivity contribution in [3.63, 3.8) is 0 Å². The van der Waals surface area contributed by atoms with Gasteiger partial charge in [-0.15, -0.1) is 0 Å². The van der Waals surface area contributed by atoms with Crippen molar-refractivity contribution in [1.29, 1.82) is 0 Å². The first-order valence-corrected chi connectivity index (χ1v) is 7.73. The van der Waals surface area contributed by atoms with E-state index in [9.17, 15) is 4.39 Å². The van der Waals surface area contributed by atoms with Gasteiger partial charge in [0.05, 0.1) is 19.4 Å². The van der Waals surface area contributed by atoms with Gasteiger partial charge in [0.2, 0.25) is 0 Å². The lowest BCUT2D eigenvalue weighted by Gasteiger charge is -2.27. The molecule has 5 nitrogen and oxygen atoms in total. The molecule has 1 aliphatic rings. The lowest BCUT2D eigenvalue weighted by Crippen LogP contribution is -2.35. The number of morpholine rings is 1. The van der Waals surface area contributed by atoms with Crippen molar-refractivity contribution in [3.8, 4) is 11.4 Å².